The smallest absolute Gasteiger partial charge is 0.391 e. The largest absolute Gasteiger partial charge is 0.413 e. The van der Waals surface area contributed by atoms with Crippen molar-refractivity contribution in [1.29, 1.82) is 0 Å². The van der Waals surface area contributed by atoms with E-state index in [-0.39, 0.29) is 0 Å². The van der Waals surface area contributed by atoms with E-state index < -0.39 is 6.09 Å². The summed E-state index contributed by atoms with van der Waals surface area (Å²) in [4.78, 5) is 15.4. The molecule has 0 spiro atoms. The van der Waals surface area contributed by atoms with E-state index in [0.717, 1.165) is 25.0 Å². The molecular formula is C12H18N2O2. The van der Waals surface area contributed by atoms with Gasteiger partial charge in [0.1, 0.15) is 0 Å². The Bertz CT molecular complexity index is 340. The van der Waals surface area contributed by atoms with Crippen LogP contribution in [0.2, 0.25) is 0 Å². The fraction of sp³-hybridized carbons (Fsp3) is 0.500. The van der Waals surface area contributed by atoms with E-state index in [0.29, 0.717) is 12.4 Å². The molecule has 0 aromatic carbocycles. The highest BCUT2D eigenvalue weighted by Gasteiger charge is 2.03. The van der Waals surface area contributed by atoms with Crippen LogP contribution in [0.25, 0.3) is 0 Å². The first kappa shape index (κ1) is 12.5. The standard InChI is InChI=1S/C12H18N2O2/c1-3-4-5-9-13-12(15)16-11-8-6-7-10(2)14-11/h6-8H,3-5,9H2,1-2H3,(H,13,15). The minimum Gasteiger partial charge on any atom is -0.391 e. The summed E-state index contributed by atoms with van der Waals surface area (Å²) in [7, 11) is 0. The first-order chi connectivity index (χ1) is 7.72. The first-order valence-electron chi connectivity index (χ1n) is 5.61. The summed E-state index contributed by atoms with van der Waals surface area (Å²) >= 11 is 0. The van der Waals surface area contributed by atoms with Crippen molar-refractivity contribution in [3.8, 4) is 5.88 Å². The van der Waals surface area contributed by atoms with Gasteiger partial charge in [0, 0.05) is 18.3 Å². The van der Waals surface area contributed by atoms with Gasteiger partial charge in [0.05, 0.1) is 0 Å². The molecule has 0 fully saturated rings. The lowest BCUT2D eigenvalue weighted by atomic mass is 10.2. The molecule has 1 rings (SSSR count). The quantitative estimate of drug-likeness (QED) is 0.779. The number of aromatic nitrogens is 1. The monoisotopic (exact) mass is 222 g/mol. The van der Waals surface area contributed by atoms with Crippen LogP contribution in [0.15, 0.2) is 18.2 Å². The van der Waals surface area contributed by atoms with E-state index in [1.54, 1.807) is 6.07 Å². The van der Waals surface area contributed by atoms with Crippen LogP contribution in [0.1, 0.15) is 31.9 Å². The zero-order valence-corrected chi connectivity index (χ0v) is 9.82. The third-order valence-corrected chi connectivity index (χ3v) is 2.11. The van der Waals surface area contributed by atoms with Crippen LogP contribution < -0.4 is 10.1 Å². The Morgan fingerprint density at radius 2 is 2.25 bits per heavy atom. The number of unbranched alkanes of at least 4 members (excludes halogenated alkanes) is 2. The van der Waals surface area contributed by atoms with Gasteiger partial charge < -0.3 is 10.1 Å². The van der Waals surface area contributed by atoms with Gasteiger partial charge >= 0.3 is 6.09 Å². The summed E-state index contributed by atoms with van der Waals surface area (Å²) in [6.07, 6.45) is 2.79. The van der Waals surface area contributed by atoms with Crippen molar-refractivity contribution in [3.05, 3.63) is 23.9 Å². The predicted molar refractivity (Wildman–Crippen MR) is 62.5 cm³/mol. The zero-order valence-electron chi connectivity index (χ0n) is 9.82. The molecule has 4 nitrogen and oxygen atoms in total. The van der Waals surface area contributed by atoms with Crippen molar-refractivity contribution in [3.63, 3.8) is 0 Å². The van der Waals surface area contributed by atoms with Crippen molar-refractivity contribution in [2.45, 2.75) is 33.1 Å². The molecule has 0 aliphatic heterocycles. The van der Waals surface area contributed by atoms with Crippen LogP contribution in [-0.4, -0.2) is 17.6 Å². The number of nitrogens with one attached hydrogen (secondary N) is 1. The minimum atomic E-state index is -0.436. The lowest BCUT2D eigenvalue weighted by Gasteiger charge is -2.05. The van der Waals surface area contributed by atoms with Crippen LogP contribution in [-0.2, 0) is 0 Å². The summed E-state index contributed by atoms with van der Waals surface area (Å²) in [6, 6.07) is 5.33. The SMILES string of the molecule is CCCCCNC(=O)Oc1cccc(C)n1. The van der Waals surface area contributed by atoms with Gasteiger partial charge in [-0.3, -0.25) is 0 Å². The number of amides is 1. The number of carbonyl (C=O) groups excluding carboxylic acids is 1. The highest BCUT2D eigenvalue weighted by Crippen LogP contribution is 2.06. The maximum absolute atomic E-state index is 11.3. The number of nitrogens with zero attached hydrogens (tertiary/aromatic N) is 1. The first-order valence-corrected chi connectivity index (χ1v) is 5.61. The Kier molecular flexibility index (Phi) is 5.32. The molecule has 1 heterocycles. The molecule has 0 aliphatic rings. The van der Waals surface area contributed by atoms with Crippen LogP contribution in [0.3, 0.4) is 0 Å². The van der Waals surface area contributed by atoms with Gasteiger partial charge in [-0.25, -0.2) is 9.78 Å². The van der Waals surface area contributed by atoms with Crippen molar-refractivity contribution < 1.29 is 9.53 Å². The molecule has 1 N–H and O–H groups in total. The van der Waals surface area contributed by atoms with E-state index in [2.05, 4.69) is 17.2 Å². The van der Waals surface area contributed by atoms with E-state index >= 15 is 0 Å². The topological polar surface area (TPSA) is 51.2 Å². The average Bonchev–Trinajstić information content (AvgIpc) is 2.24. The van der Waals surface area contributed by atoms with Gasteiger partial charge in [-0.2, -0.15) is 0 Å². The molecule has 0 atom stereocenters. The normalized spacial score (nSPS) is 9.88. The molecule has 0 aliphatic carbocycles. The molecule has 0 bridgehead atoms. The van der Waals surface area contributed by atoms with Gasteiger partial charge in [0.15, 0.2) is 0 Å². The van der Waals surface area contributed by atoms with Gasteiger partial charge in [0.2, 0.25) is 5.88 Å². The van der Waals surface area contributed by atoms with Gasteiger partial charge in [-0.1, -0.05) is 25.8 Å². The number of hydrogen-bond donors (Lipinski definition) is 1. The lowest BCUT2D eigenvalue weighted by molar-refractivity contribution is 0.198. The van der Waals surface area contributed by atoms with Crippen LogP contribution in [0.5, 0.6) is 5.88 Å². The molecule has 0 saturated carbocycles. The van der Waals surface area contributed by atoms with Gasteiger partial charge in [-0.15, -0.1) is 0 Å². The average molecular weight is 222 g/mol. The summed E-state index contributed by atoms with van der Waals surface area (Å²) in [5.41, 5.74) is 0.830. The van der Waals surface area contributed by atoms with Crippen molar-refractivity contribution in [2.75, 3.05) is 6.54 Å². The second-order valence-electron chi connectivity index (χ2n) is 3.64. The summed E-state index contributed by atoms with van der Waals surface area (Å²) in [6.45, 7) is 4.62. The summed E-state index contributed by atoms with van der Waals surface area (Å²) in [5, 5.41) is 2.68. The Hall–Kier alpha value is -1.58. The zero-order chi connectivity index (χ0) is 11.8. The molecule has 0 unspecified atom stereocenters. The van der Waals surface area contributed by atoms with Gasteiger partial charge in [0.25, 0.3) is 0 Å². The highest BCUT2D eigenvalue weighted by molar-refractivity contribution is 5.69. The fourth-order valence-corrected chi connectivity index (χ4v) is 1.27. The van der Waals surface area contributed by atoms with E-state index in [9.17, 15) is 4.79 Å². The summed E-state index contributed by atoms with van der Waals surface area (Å²) in [5.74, 6) is 0.341. The number of rotatable bonds is 5. The van der Waals surface area contributed by atoms with E-state index in [1.165, 1.54) is 0 Å². The maximum Gasteiger partial charge on any atom is 0.413 e. The molecule has 4 heteroatoms. The molecule has 1 amide bonds. The number of pyridine rings is 1. The van der Waals surface area contributed by atoms with E-state index in [4.69, 9.17) is 4.74 Å². The molecule has 88 valence electrons. The number of ether oxygens (including phenoxy) is 1. The van der Waals surface area contributed by atoms with Crippen molar-refractivity contribution >= 4 is 6.09 Å². The fourth-order valence-electron chi connectivity index (χ4n) is 1.27. The van der Waals surface area contributed by atoms with Crippen LogP contribution in [0.4, 0.5) is 4.79 Å². The van der Waals surface area contributed by atoms with Crippen LogP contribution in [0, 0.1) is 6.92 Å². The van der Waals surface area contributed by atoms with Crippen molar-refractivity contribution in [2.24, 2.45) is 0 Å². The predicted octanol–water partition coefficient (Wildman–Crippen LogP) is 2.67. The molecule has 1 aromatic heterocycles. The number of carbonyl (C=O) groups is 1. The Morgan fingerprint density at radius 1 is 1.44 bits per heavy atom. The second kappa shape index (κ2) is 6.82. The van der Waals surface area contributed by atoms with Crippen molar-refractivity contribution in [1.82, 2.24) is 10.3 Å². The second-order valence-corrected chi connectivity index (χ2v) is 3.64. The minimum absolute atomic E-state index is 0.341. The van der Waals surface area contributed by atoms with Gasteiger partial charge in [-0.05, 0) is 19.4 Å². The maximum atomic E-state index is 11.3. The lowest BCUT2D eigenvalue weighted by Crippen LogP contribution is -2.28. The highest BCUT2D eigenvalue weighted by atomic mass is 16.6. The number of aryl methyl sites for hydroxylation is 1. The third kappa shape index (κ3) is 4.77. The third-order valence-electron chi connectivity index (χ3n) is 2.11. The Morgan fingerprint density at radius 3 is 2.94 bits per heavy atom. The molecule has 16 heavy (non-hydrogen) atoms. The Labute approximate surface area is 96.0 Å². The van der Waals surface area contributed by atoms with Crippen LogP contribution >= 0.6 is 0 Å². The molecular weight excluding hydrogens is 204 g/mol. The summed E-state index contributed by atoms with van der Waals surface area (Å²) < 4.78 is 5.01. The number of hydrogen-bond acceptors (Lipinski definition) is 3. The Balaban J connectivity index is 2.29. The molecule has 1 aromatic rings. The molecule has 0 saturated heterocycles. The molecule has 0 radical (unpaired) electrons. The van der Waals surface area contributed by atoms with E-state index in [1.807, 2.05) is 19.1 Å².